The number of morpholine rings is 1. The van der Waals surface area contributed by atoms with Gasteiger partial charge in [0.1, 0.15) is 0 Å². The van der Waals surface area contributed by atoms with Crippen molar-refractivity contribution in [2.24, 2.45) is 0 Å². The molecule has 0 radical (unpaired) electrons. The van der Waals surface area contributed by atoms with Crippen molar-refractivity contribution in [3.63, 3.8) is 0 Å². The molecule has 1 N–H and O–H groups in total. The van der Waals surface area contributed by atoms with E-state index in [0.717, 1.165) is 13.1 Å². The largest absolute Gasteiger partial charge is 0.369 e. The van der Waals surface area contributed by atoms with Gasteiger partial charge in [-0.15, -0.1) is 0 Å². The maximum absolute atomic E-state index is 6.05. The van der Waals surface area contributed by atoms with Gasteiger partial charge in [0.15, 0.2) is 0 Å². The maximum Gasteiger partial charge on any atom is 0.0810 e. The van der Waals surface area contributed by atoms with E-state index in [9.17, 15) is 0 Å². The average molecular weight is 169 g/mol. The molecule has 2 rings (SSSR count). The van der Waals surface area contributed by atoms with Crippen LogP contribution in [0.2, 0.25) is 0 Å². The number of rotatable bonds is 0. The SMILES string of the molecule is C[C@H]1CNCC2(CCCCC2)O1. The Morgan fingerprint density at radius 2 is 2.00 bits per heavy atom. The fourth-order valence-electron chi connectivity index (χ4n) is 2.50. The lowest BCUT2D eigenvalue weighted by atomic mass is 9.83. The molecule has 0 amide bonds. The maximum atomic E-state index is 6.05. The minimum atomic E-state index is 0.218. The molecular formula is C10H19NO. The minimum absolute atomic E-state index is 0.218. The Balaban J connectivity index is 1.97. The van der Waals surface area contributed by atoms with Gasteiger partial charge in [0.2, 0.25) is 0 Å². The monoisotopic (exact) mass is 169 g/mol. The van der Waals surface area contributed by atoms with Crippen LogP contribution in [0.4, 0.5) is 0 Å². The van der Waals surface area contributed by atoms with E-state index in [1.54, 1.807) is 0 Å². The number of ether oxygens (including phenoxy) is 1. The Bertz CT molecular complexity index is 146. The zero-order valence-electron chi connectivity index (χ0n) is 7.94. The molecule has 1 atom stereocenters. The lowest BCUT2D eigenvalue weighted by Crippen LogP contribution is -2.53. The van der Waals surface area contributed by atoms with Crippen molar-refractivity contribution in [1.29, 1.82) is 0 Å². The molecule has 0 unspecified atom stereocenters. The van der Waals surface area contributed by atoms with Crippen LogP contribution in [-0.2, 0) is 4.74 Å². The highest BCUT2D eigenvalue weighted by atomic mass is 16.5. The van der Waals surface area contributed by atoms with Gasteiger partial charge in [-0.05, 0) is 19.8 Å². The first kappa shape index (κ1) is 8.52. The lowest BCUT2D eigenvalue weighted by Gasteiger charge is -2.43. The molecule has 1 aliphatic carbocycles. The van der Waals surface area contributed by atoms with Gasteiger partial charge in [-0.25, -0.2) is 0 Å². The summed E-state index contributed by atoms with van der Waals surface area (Å²) in [5, 5.41) is 3.47. The van der Waals surface area contributed by atoms with Gasteiger partial charge in [0.05, 0.1) is 11.7 Å². The molecule has 0 aromatic carbocycles. The fourth-order valence-corrected chi connectivity index (χ4v) is 2.50. The van der Waals surface area contributed by atoms with E-state index in [2.05, 4.69) is 12.2 Å². The van der Waals surface area contributed by atoms with Gasteiger partial charge < -0.3 is 10.1 Å². The molecule has 1 spiro atoms. The van der Waals surface area contributed by atoms with Crippen molar-refractivity contribution in [1.82, 2.24) is 5.32 Å². The summed E-state index contributed by atoms with van der Waals surface area (Å²) in [4.78, 5) is 0. The topological polar surface area (TPSA) is 21.3 Å². The molecule has 0 aromatic rings. The Kier molecular flexibility index (Phi) is 2.37. The van der Waals surface area contributed by atoms with E-state index >= 15 is 0 Å². The van der Waals surface area contributed by atoms with Gasteiger partial charge in [-0.2, -0.15) is 0 Å². The van der Waals surface area contributed by atoms with Crippen LogP contribution in [0.5, 0.6) is 0 Å². The average Bonchev–Trinajstić information content (AvgIpc) is 2.05. The third kappa shape index (κ3) is 1.64. The van der Waals surface area contributed by atoms with Crippen molar-refractivity contribution >= 4 is 0 Å². The predicted molar refractivity (Wildman–Crippen MR) is 49.2 cm³/mol. The Morgan fingerprint density at radius 3 is 2.67 bits per heavy atom. The third-order valence-corrected chi connectivity index (χ3v) is 3.09. The molecule has 0 aromatic heterocycles. The van der Waals surface area contributed by atoms with Crippen LogP contribution in [-0.4, -0.2) is 24.8 Å². The van der Waals surface area contributed by atoms with E-state index in [-0.39, 0.29) is 5.60 Å². The first-order valence-corrected chi connectivity index (χ1v) is 5.19. The molecule has 70 valence electrons. The van der Waals surface area contributed by atoms with E-state index in [1.807, 2.05) is 0 Å². The highest BCUT2D eigenvalue weighted by Gasteiger charge is 2.36. The van der Waals surface area contributed by atoms with Crippen molar-refractivity contribution in [2.75, 3.05) is 13.1 Å². The zero-order chi connectivity index (χ0) is 8.44. The summed E-state index contributed by atoms with van der Waals surface area (Å²) in [5.41, 5.74) is 0.218. The van der Waals surface area contributed by atoms with Gasteiger partial charge in [-0.3, -0.25) is 0 Å². The molecule has 1 heterocycles. The summed E-state index contributed by atoms with van der Waals surface area (Å²) in [6.45, 7) is 4.28. The first-order chi connectivity index (χ1) is 5.81. The summed E-state index contributed by atoms with van der Waals surface area (Å²) in [5.74, 6) is 0. The molecule has 12 heavy (non-hydrogen) atoms. The molecule has 2 nitrogen and oxygen atoms in total. The molecule has 2 heteroatoms. The van der Waals surface area contributed by atoms with Crippen LogP contribution in [0.1, 0.15) is 39.0 Å². The Hall–Kier alpha value is -0.0800. The lowest BCUT2D eigenvalue weighted by molar-refractivity contribution is -0.126. The van der Waals surface area contributed by atoms with E-state index < -0.39 is 0 Å². The van der Waals surface area contributed by atoms with E-state index in [1.165, 1.54) is 32.1 Å². The number of nitrogens with one attached hydrogen (secondary N) is 1. The van der Waals surface area contributed by atoms with Gasteiger partial charge >= 0.3 is 0 Å². The highest BCUT2D eigenvalue weighted by molar-refractivity contribution is 4.90. The summed E-state index contributed by atoms with van der Waals surface area (Å²) in [7, 11) is 0. The summed E-state index contributed by atoms with van der Waals surface area (Å²) >= 11 is 0. The van der Waals surface area contributed by atoms with Crippen molar-refractivity contribution in [2.45, 2.75) is 50.7 Å². The summed E-state index contributed by atoms with van der Waals surface area (Å²) in [6.07, 6.45) is 7.06. The molecule has 1 aliphatic heterocycles. The highest BCUT2D eigenvalue weighted by Crippen LogP contribution is 2.33. The summed E-state index contributed by atoms with van der Waals surface area (Å²) < 4.78 is 6.05. The van der Waals surface area contributed by atoms with Crippen LogP contribution >= 0.6 is 0 Å². The third-order valence-electron chi connectivity index (χ3n) is 3.09. The first-order valence-electron chi connectivity index (χ1n) is 5.19. The predicted octanol–water partition coefficient (Wildman–Crippen LogP) is 1.70. The van der Waals surface area contributed by atoms with E-state index in [4.69, 9.17) is 4.74 Å². The fraction of sp³-hybridized carbons (Fsp3) is 1.00. The van der Waals surface area contributed by atoms with Crippen molar-refractivity contribution < 1.29 is 4.74 Å². The standard InChI is InChI=1S/C10H19NO/c1-9-7-11-8-10(12-9)5-3-2-4-6-10/h9,11H,2-8H2,1H3/t9-/m0/s1. The molecule has 1 saturated heterocycles. The van der Waals surface area contributed by atoms with Crippen LogP contribution in [0, 0.1) is 0 Å². The van der Waals surface area contributed by atoms with Crippen molar-refractivity contribution in [3.05, 3.63) is 0 Å². The summed E-state index contributed by atoms with van der Waals surface area (Å²) in [6, 6.07) is 0. The second-order valence-electron chi connectivity index (χ2n) is 4.30. The van der Waals surface area contributed by atoms with Crippen LogP contribution in [0.3, 0.4) is 0 Å². The minimum Gasteiger partial charge on any atom is -0.369 e. The molecule has 2 fully saturated rings. The van der Waals surface area contributed by atoms with Crippen LogP contribution < -0.4 is 5.32 Å². The van der Waals surface area contributed by atoms with Gasteiger partial charge in [0.25, 0.3) is 0 Å². The molecule has 1 saturated carbocycles. The number of hydrogen-bond donors (Lipinski definition) is 1. The smallest absolute Gasteiger partial charge is 0.0810 e. The molecule has 2 aliphatic rings. The van der Waals surface area contributed by atoms with Crippen LogP contribution in [0.25, 0.3) is 0 Å². The Labute approximate surface area is 74.7 Å². The quantitative estimate of drug-likeness (QED) is 0.596. The normalized spacial score (nSPS) is 35.2. The zero-order valence-corrected chi connectivity index (χ0v) is 7.94. The second kappa shape index (κ2) is 3.35. The van der Waals surface area contributed by atoms with Gasteiger partial charge in [0, 0.05) is 13.1 Å². The Morgan fingerprint density at radius 1 is 1.25 bits per heavy atom. The van der Waals surface area contributed by atoms with E-state index in [0.29, 0.717) is 6.10 Å². The van der Waals surface area contributed by atoms with Crippen molar-refractivity contribution in [3.8, 4) is 0 Å². The van der Waals surface area contributed by atoms with Crippen LogP contribution in [0.15, 0.2) is 0 Å². The second-order valence-corrected chi connectivity index (χ2v) is 4.30. The molecular weight excluding hydrogens is 150 g/mol. The number of hydrogen-bond acceptors (Lipinski definition) is 2. The van der Waals surface area contributed by atoms with Gasteiger partial charge in [-0.1, -0.05) is 19.3 Å². The molecule has 0 bridgehead atoms.